The predicted octanol–water partition coefficient (Wildman–Crippen LogP) is 8.70. The fraction of sp³-hybridized carbons (Fsp3) is 0.324. The van der Waals surface area contributed by atoms with Crippen LogP contribution in [-0.2, 0) is 11.2 Å². The summed E-state index contributed by atoms with van der Waals surface area (Å²) in [6.45, 7) is 19.9. The van der Waals surface area contributed by atoms with Gasteiger partial charge < -0.3 is 16.2 Å². The third-order valence-corrected chi connectivity index (χ3v) is 7.18. The number of aryl methyl sites for hydroxylation is 1. The maximum Gasteiger partial charge on any atom is 0.253 e. The summed E-state index contributed by atoms with van der Waals surface area (Å²) in [5.74, 6) is -0.622. The number of carbonyl (C=O) groups excluding carboxylic acids is 1. The summed E-state index contributed by atoms with van der Waals surface area (Å²) in [5, 5.41) is 11.5. The molecule has 0 spiro atoms. The zero-order chi connectivity index (χ0) is 34.2. The highest BCUT2D eigenvalue weighted by Gasteiger charge is 2.14. The molecule has 1 atom stereocenters. The van der Waals surface area contributed by atoms with Gasteiger partial charge in [0.25, 0.3) is 5.91 Å². The Kier molecular flexibility index (Phi) is 22.0. The van der Waals surface area contributed by atoms with Crippen LogP contribution in [0.1, 0.15) is 76.7 Å². The topological polar surface area (TPSA) is 100 Å². The second-order valence-electron chi connectivity index (χ2n) is 8.93. The molecule has 0 fully saturated rings. The second-order valence-corrected chi connectivity index (χ2v) is 10.1. The Labute approximate surface area is 274 Å². The van der Waals surface area contributed by atoms with E-state index >= 15 is 0 Å². The van der Waals surface area contributed by atoms with Crippen LogP contribution in [0, 0.1) is 5.82 Å². The average Bonchev–Trinajstić information content (AvgIpc) is 3.55. The lowest BCUT2D eigenvalue weighted by Gasteiger charge is -2.15. The molecule has 1 amide bonds. The van der Waals surface area contributed by atoms with Crippen molar-refractivity contribution in [2.45, 2.75) is 67.9 Å². The number of nitrogens with two attached hydrogens (primary N) is 1. The van der Waals surface area contributed by atoms with Crippen LogP contribution in [0.5, 0.6) is 0 Å². The van der Waals surface area contributed by atoms with Crippen molar-refractivity contribution >= 4 is 34.9 Å². The highest BCUT2D eigenvalue weighted by molar-refractivity contribution is 7.13. The molecule has 0 radical (unpaired) electrons. The molecule has 1 aromatic carbocycles. The largest absolute Gasteiger partial charge is 0.399 e. The maximum atomic E-state index is 12.9. The molecule has 1 aliphatic carbocycles. The lowest BCUT2D eigenvalue weighted by molar-refractivity contribution is -0.117. The van der Waals surface area contributed by atoms with Gasteiger partial charge in [0.15, 0.2) is 0 Å². The Morgan fingerprint density at radius 2 is 1.78 bits per heavy atom. The first-order valence-corrected chi connectivity index (χ1v) is 16.2. The minimum atomic E-state index is -0.313. The van der Waals surface area contributed by atoms with E-state index in [1.54, 1.807) is 30.4 Å². The minimum Gasteiger partial charge on any atom is -0.399 e. The lowest BCUT2D eigenvalue weighted by Crippen LogP contribution is -2.29. The number of hydrogen-bond acceptors (Lipinski definition) is 5. The van der Waals surface area contributed by atoms with E-state index < -0.39 is 0 Å². The van der Waals surface area contributed by atoms with Crippen LogP contribution in [0.15, 0.2) is 112 Å². The van der Waals surface area contributed by atoms with E-state index in [-0.39, 0.29) is 30.1 Å². The number of allylic oxidation sites excluding steroid dienone is 9. The van der Waals surface area contributed by atoms with Gasteiger partial charge in [-0.25, -0.2) is 9.38 Å². The monoisotopic (exact) mass is 634 g/mol. The first kappa shape index (κ1) is 40.9. The average molecular weight is 635 g/mol. The van der Waals surface area contributed by atoms with E-state index in [0.717, 1.165) is 23.3 Å². The van der Waals surface area contributed by atoms with Crippen molar-refractivity contribution in [3.8, 4) is 0 Å². The van der Waals surface area contributed by atoms with E-state index in [0.29, 0.717) is 12.1 Å². The van der Waals surface area contributed by atoms with E-state index in [4.69, 9.17) is 10.8 Å². The third-order valence-electron chi connectivity index (χ3n) is 5.90. The first-order chi connectivity index (χ1) is 21.7. The normalized spacial score (nSPS) is 15.0. The number of nitrogens with one attached hydrogen (secondary N) is 1. The summed E-state index contributed by atoms with van der Waals surface area (Å²) in [6, 6.07) is 10.1. The number of hydrogen-bond donors (Lipinski definition) is 3. The van der Waals surface area contributed by atoms with Crippen molar-refractivity contribution in [3.63, 3.8) is 0 Å². The van der Waals surface area contributed by atoms with Crippen LogP contribution in [-0.4, -0.2) is 36.2 Å². The van der Waals surface area contributed by atoms with Gasteiger partial charge in [-0.1, -0.05) is 77.6 Å². The number of amides is 1. The number of aliphatic hydroxyl groups is 1. The Balaban J connectivity index is 0.000000776. The van der Waals surface area contributed by atoms with Crippen molar-refractivity contribution in [3.05, 3.63) is 123 Å². The van der Waals surface area contributed by atoms with E-state index in [1.165, 1.54) is 33.8 Å². The van der Waals surface area contributed by atoms with Crippen LogP contribution >= 0.6 is 11.3 Å². The molecule has 0 aliphatic heterocycles. The number of nitrogens with zero attached hydrogens (tertiary/aromatic N) is 2. The van der Waals surface area contributed by atoms with Gasteiger partial charge in [0, 0.05) is 15.5 Å². The fourth-order valence-electron chi connectivity index (χ4n) is 3.63. The molecule has 0 bridgehead atoms. The summed E-state index contributed by atoms with van der Waals surface area (Å²) >= 11 is 1.84. The van der Waals surface area contributed by atoms with Crippen molar-refractivity contribution in [2.75, 3.05) is 13.2 Å². The van der Waals surface area contributed by atoms with E-state index in [2.05, 4.69) is 59.2 Å². The summed E-state index contributed by atoms with van der Waals surface area (Å²) in [6.07, 6.45) is 16.0. The molecular weight excluding hydrogens is 583 g/mol. The number of thiophene rings is 1. The highest BCUT2D eigenvalue weighted by Crippen LogP contribution is 2.29. The number of halogens is 1. The van der Waals surface area contributed by atoms with Gasteiger partial charge in [-0.05, 0) is 86.4 Å². The van der Waals surface area contributed by atoms with Crippen LogP contribution in [0.3, 0.4) is 0 Å². The molecular formula is C37H51FN4O2S. The van der Waals surface area contributed by atoms with Crippen molar-refractivity contribution in [1.82, 2.24) is 5.32 Å². The molecule has 1 aliphatic rings. The smallest absolute Gasteiger partial charge is 0.253 e. The fourth-order valence-corrected chi connectivity index (χ4v) is 4.57. The number of benzene rings is 1. The Morgan fingerprint density at radius 3 is 2.31 bits per heavy atom. The van der Waals surface area contributed by atoms with Gasteiger partial charge in [-0.15, -0.1) is 11.3 Å². The molecule has 8 heteroatoms. The molecule has 4 N–H and O–H groups in total. The van der Waals surface area contributed by atoms with Crippen LogP contribution in [0.2, 0.25) is 0 Å². The summed E-state index contributed by atoms with van der Waals surface area (Å²) in [4.78, 5) is 23.1. The summed E-state index contributed by atoms with van der Waals surface area (Å²) in [7, 11) is 0. The van der Waals surface area contributed by atoms with Gasteiger partial charge in [0.1, 0.15) is 12.2 Å². The molecule has 1 unspecified atom stereocenters. The molecule has 0 saturated carbocycles. The zero-order valence-electron chi connectivity index (χ0n) is 28.1. The molecule has 1 aromatic heterocycles. The van der Waals surface area contributed by atoms with Crippen LogP contribution in [0.25, 0.3) is 5.57 Å². The van der Waals surface area contributed by atoms with Gasteiger partial charge >= 0.3 is 0 Å². The number of rotatable bonds is 10. The number of aliphatic imine (C=N–C) groups is 2. The quantitative estimate of drug-likeness (QED) is 0.105. The zero-order valence-corrected chi connectivity index (χ0v) is 28.9. The Hall–Kier alpha value is -4.14. The van der Waals surface area contributed by atoms with Crippen LogP contribution < -0.4 is 11.1 Å². The highest BCUT2D eigenvalue weighted by atomic mass is 32.1. The second kappa shape index (κ2) is 24.2. The van der Waals surface area contributed by atoms with Crippen molar-refractivity contribution in [2.24, 2.45) is 15.7 Å². The predicted molar refractivity (Wildman–Crippen MR) is 194 cm³/mol. The first-order valence-electron chi connectivity index (χ1n) is 15.4. The number of aliphatic hydroxyl groups excluding tert-OH is 1. The van der Waals surface area contributed by atoms with Gasteiger partial charge in [0.05, 0.1) is 30.5 Å². The SMILES string of the molecule is C/C=C1\C=C(c2ccc(CC)s2)C=CC1=NC=NCCO.C=C(N)/C(=C\C=C/C)C(=O)NC(C)c1ccc(F)cc1.CC.CC. The summed E-state index contributed by atoms with van der Waals surface area (Å²) < 4.78 is 12.9. The van der Waals surface area contributed by atoms with E-state index in [1.807, 2.05) is 65.9 Å². The molecule has 3 rings (SSSR count). The maximum absolute atomic E-state index is 12.9. The lowest BCUT2D eigenvalue weighted by atomic mass is 9.99. The molecule has 244 valence electrons. The van der Waals surface area contributed by atoms with Gasteiger partial charge in [-0.2, -0.15) is 0 Å². The third kappa shape index (κ3) is 14.9. The van der Waals surface area contributed by atoms with E-state index in [9.17, 15) is 9.18 Å². The summed E-state index contributed by atoms with van der Waals surface area (Å²) in [5.41, 5.74) is 10.1. The van der Waals surface area contributed by atoms with Crippen molar-refractivity contribution < 1.29 is 14.3 Å². The molecule has 1 heterocycles. The van der Waals surface area contributed by atoms with Crippen LogP contribution in [0.4, 0.5) is 4.39 Å². The van der Waals surface area contributed by atoms with Gasteiger partial charge in [-0.3, -0.25) is 9.79 Å². The Bertz CT molecular complexity index is 1390. The number of carbonyl (C=O) groups is 1. The van der Waals surface area contributed by atoms with Crippen molar-refractivity contribution in [1.29, 1.82) is 0 Å². The Morgan fingerprint density at radius 1 is 1.11 bits per heavy atom. The molecule has 2 aromatic rings. The molecule has 45 heavy (non-hydrogen) atoms. The minimum absolute atomic E-state index is 0.0514. The molecule has 6 nitrogen and oxygen atoms in total. The standard InChI is InChI=1S/C17H20N2OS.C16H19FN2O.2C2H6/c1-3-13-11-14(17-8-6-15(4-2)21-17)5-7-16(13)19-12-18-9-10-20;1-4-5-6-15(11(2)18)16(20)19-12(3)13-7-9-14(17)10-8-13;2*1-2/h3,5-8,11-12,20H,4,9-10H2,1-2H3;4-10,12H,2,18H2,1,3H3,(H,19,20);2*1-2H3/b13-3+,18-12?,19-16?;5-4-,15-6+;;. The molecule has 0 saturated heterocycles. The van der Waals surface area contributed by atoms with Gasteiger partial charge in [0.2, 0.25) is 0 Å².